The van der Waals surface area contributed by atoms with E-state index in [1.165, 1.54) is 34.3 Å². The van der Waals surface area contributed by atoms with E-state index < -0.39 is 28.2 Å². The summed E-state index contributed by atoms with van der Waals surface area (Å²) in [6.45, 7) is 1.67. The number of primary amides is 1. The van der Waals surface area contributed by atoms with Crippen LogP contribution in [0.5, 0.6) is 0 Å². The number of nitriles is 1. The number of carbonyl (C=O) groups excluding carboxylic acids is 1. The molecule has 0 radical (unpaired) electrons. The van der Waals surface area contributed by atoms with Gasteiger partial charge in [-0.3, -0.25) is 24.8 Å². The van der Waals surface area contributed by atoms with E-state index in [0.29, 0.717) is 26.8 Å². The van der Waals surface area contributed by atoms with Crippen LogP contribution in [-0.4, -0.2) is 25.6 Å². The molecule has 170 valence electrons. The minimum absolute atomic E-state index is 0.0534. The van der Waals surface area contributed by atoms with E-state index in [4.69, 9.17) is 5.73 Å². The second-order valence-corrected chi connectivity index (χ2v) is 8.51. The number of non-ortho nitro benzene ring substituents is 1. The Morgan fingerprint density at radius 2 is 2.00 bits per heavy atom. The minimum Gasteiger partial charge on any atom is -0.369 e. The lowest BCUT2D eigenvalue weighted by molar-refractivity contribution is -0.384. The molecule has 0 unspecified atom stereocenters. The number of nitrogens with two attached hydrogens (primary N) is 1. The van der Waals surface area contributed by atoms with Gasteiger partial charge in [0.15, 0.2) is 0 Å². The number of aromatic amines is 1. The Morgan fingerprint density at radius 1 is 1.26 bits per heavy atom. The predicted molar refractivity (Wildman–Crippen MR) is 125 cm³/mol. The predicted octanol–water partition coefficient (Wildman–Crippen LogP) is 3.26. The summed E-state index contributed by atoms with van der Waals surface area (Å²) >= 11 is 1.17. The number of benzene rings is 2. The Hall–Kier alpha value is -4.56. The highest BCUT2D eigenvalue weighted by atomic mass is 32.1. The number of aromatic nitrogens is 3. The van der Waals surface area contributed by atoms with Crippen LogP contribution in [0.4, 0.5) is 5.69 Å². The van der Waals surface area contributed by atoms with E-state index in [2.05, 4.69) is 10.1 Å². The zero-order valence-electron chi connectivity index (χ0n) is 17.8. The van der Waals surface area contributed by atoms with Crippen molar-refractivity contribution in [3.05, 3.63) is 98.1 Å². The van der Waals surface area contributed by atoms with Crippen LogP contribution in [0.1, 0.15) is 22.7 Å². The molecule has 0 saturated carbocycles. The summed E-state index contributed by atoms with van der Waals surface area (Å²) in [6.07, 6.45) is 1.53. The van der Waals surface area contributed by atoms with Crippen LogP contribution in [0.15, 0.2) is 65.6 Å². The Balaban J connectivity index is 1.81. The van der Waals surface area contributed by atoms with Gasteiger partial charge in [0.25, 0.3) is 11.2 Å². The van der Waals surface area contributed by atoms with Gasteiger partial charge in [-0.2, -0.15) is 9.94 Å². The molecule has 2 aromatic carbocycles. The third kappa shape index (κ3) is 4.10. The molecule has 2 heterocycles. The average Bonchev–Trinajstić information content (AvgIpc) is 3.42. The third-order valence-corrected chi connectivity index (χ3v) is 6.42. The van der Waals surface area contributed by atoms with Crippen molar-refractivity contribution in [2.24, 2.45) is 11.7 Å². The number of nitrogens with zero attached hydrogens (tertiary/aromatic N) is 4. The lowest BCUT2D eigenvalue weighted by Crippen LogP contribution is -2.31. The van der Waals surface area contributed by atoms with Crippen molar-refractivity contribution in [3.8, 4) is 21.6 Å². The molecule has 0 fully saturated rings. The molecule has 0 saturated heterocycles. The highest BCUT2D eigenvalue weighted by Crippen LogP contribution is 2.33. The number of nitrogens with one attached hydrogen (secondary N) is 1. The van der Waals surface area contributed by atoms with Gasteiger partial charge in [0, 0.05) is 41.1 Å². The van der Waals surface area contributed by atoms with E-state index in [-0.39, 0.29) is 11.3 Å². The average molecular weight is 475 g/mol. The third-order valence-electron chi connectivity index (χ3n) is 5.39. The molecule has 0 spiro atoms. The Bertz CT molecular complexity index is 1480. The number of hydrogen-bond acceptors (Lipinski definition) is 7. The van der Waals surface area contributed by atoms with E-state index in [0.717, 1.165) is 0 Å². The summed E-state index contributed by atoms with van der Waals surface area (Å²) in [6, 6.07) is 16.8. The highest BCUT2D eigenvalue weighted by molar-refractivity contribution is 7.17. The van der Waals surface area contributed by atoms with Crippen molar-refractivity contribution in [2.45, 2.75) is 12.8 Å². The molecule has 0 bridgehead atoms. The van der Waals surface area contributed by atoms with Gasteiger partial charge in [0.05, 0.1) is 15.9 Å². The fourth-order valence-corrected chi connectivity index (χ4v) is 4.70. The fraction of sp³-hybridized carbons (Fsp3) is 0.130. The Morgan fingerprint density at radius 3 is 2.65 bits per heavy atom. The number of hydrogen-bond donors (Lipinski definition) is 2. The largest absolute Gasteiger partial charge is 0.369 e. The van der Waals surface area contributed by atoms with Gasteiger partial charge in [-0.1, -0.05) is 53.8 Å². The number of rotatable bonds is 7. The first-order valence-electron chi connectivity index (χ1n) is 10.1. The highest BCUT2D eigenvalue weighted by Gasteiger charge is 2.34. The monoisotopic (exact) mass is 474 g/mol. The molecular formula is C23H18N6O4S. The van der Waals surface area contributed by atoms with Crippen LogP contribution in [0.2, 0.25) is 0 Å². The van der Waals surface area contributed by atoms with Crippen LogP contribution in [0, 0.1) is 34.3 Å². The van der Waals surface area contributed by atoms with E-state index in [1.807, 2.05) is 6.07 Å². The second-order valence-electron chi connectivity index (χ2n) is 7.50. The van der Waals surface area contributed by atoms with Crippen molar-refractivity contribution in [2.75, 3.05) is 0 Å². The summed E-state index contributed by atoms with van der Waals surface area (Å²) in [5.74, 6) is -2.95. The van der Waals surface area contributed by atoms with Crippen molar-refractivity contribution in [1.29, 1.82) is 5.26 Å². The Kier molecular flexibility index (Phi) is 6.07. The number of nitro groups is 1. The van der Waals surface area contributed by atoms with Gasteiger partial charge in [-0.05, 0) is 12.5 Å². The summed E-state index contributed by atoms with van der Waals surface area (Å²) < 4.78 is 1.24. The minimum atomic E-state index is -1.25. The zero-order valence-corrected chi connectivity index (χ0v) is 18.7. The van der Waals surface area contributed by atoms with Gasteiger partial charge in [-0.15, -0.1) is 0 Å². The number of carbonyl (C=O) groups is 1. The summed E-state index contributed by atoms with van der Waals surface area (Å²) in [4.78, 5) is 41.1. The Labute approximate surface area is 197 Å². The van der Waals surface area contributed by atoms with Crippen molar-refractivity contribution in [1.82, 2.24) is 14.8 Å². The van der Waals surface area contributed by atoms with Gasteiger partial charge in [-0.25, -0.2) is 4.98 Å². The molecule has 3 N–H and O–H groups in total. The second kappa shape index (κ2) is 9.13. The van der Waals surface area contributed by atoms with E-state index in [1.54, 1.807) is 49.4 Å². The quantitative estimate of drug-likeness (QED) is 0.309. The van der Waals surface area contributed by atoms with Gasteiger partial charge in [0.2, 0.25) is 11.0 Å². The maximum atomic E-state index is 13.5. The zero-order chi connectivity index (χ0) is 24.4. The molecule has 4 aromatic rings. The van der Waals surface area contributed by atoms with Crippen molar-refractivity contribution < 1.29 is 9.72 Å². The molecule has 0 aliphatic rings. The van der Waals surface area contributed by atoms with Gasteiger partial charge >= 0.3 is 0 Å². The first kappa shape index (κ1) is 22.6. The molecule has 4 rings (SSSR count). The van der Waals surface area contributed by atoms with Crippen LogP contribution in [-0.2, 0) is 4.79 Å². The lowest BCUT2D eigenvalue weighted by atomic mass is 9.81. The molecule has 0 aliphatic heterocycles. The first-order valence-corrected chi connectivity index (χ1v) is 10.9. The number of H-pyrrole nitrogens is 1. The number of amides is 1. The molecule has 11 heteroatoms. The molecule has 2 aromatic heterocycles. The summed E-state index contributed by atoms with van der Waals surface area (Å²) in [5.41, 5.74) is 6.89. The molecule has 34 heavy (non-hydrogen) atoms. The maximum Gasteiger partial charge on any atom is 0.277 e. The van der Waals surface area contributed by atoms with E-state index >= 15 is 0 Å². The van der Waals surface area contributed by atoms with Gasteiger partial charge < -0.3 is 5.73 Å². The van der Waals surface area contributed by atoms with Crippen molar-refractivity contribution in [3.63, 3.8) is 0 Å². The normalized spacial score (nSPS) is 12.6. The SMILES string of the molecule is Cc1[nH]n(-c2ncc(-c3cccc([N+](=O)[O-])c3)s2)c(=O)c1[C@@H](c1ccccc1)[C@@H](C#N)C(N)=O. The van der Waals surface area contributed by atoms with Crippen LogP contribution >= 0.6 is 11.3 Å². The van der Waals surface area contributed by atoms with Crippen molar-refractivity contribution >= 4 is 22.9 Å². The fourth-order valence-electron chi connectivity index (χ4n) is 3.82. The maximum absolute atomic E-state index is 13.5. The molecule has 0 aliphatic carbocycles. The summed E-state index contributed by atoms with van der Waals surface area (Å²) in [7, 11) is 0. The number of aryl methyl sites for hydroxylation is 1. The van der Waals surface area contributed by atoms with Gasteiger partial charge in [0.1, 0.15) is 5.92 Å². The summed E-state index contributed by atoms with van der Waals surface area (Å²) in [5, 5.41) is 24.0. The van der Waals surface area contributed by atoms with Crippen LogP contribution in [0.25, 0.3) is 15.6 Å². The lowest BCUT2D eigenvalue weighted by Gasteiger charge is -2.19. The topological polar surface area (TPSA) is 161 Å². The standard InChI is InChI=1S/C23H18N6O4S/c1-13-19(20(17(11-24)21(25)30)14-6-3-2-4-7-14)22(31)28(27-13)23-26-12-18(34-23)15-8-5-9-16(10-15)29(32)33/h2-10,12,17,20,27H,1H3,(H2,25,30)/t17-,20+/m1/s1. The molecular weight excluding hydrogens is 456 g/mol. The molecule has 2 atom stereocenters. The van der Waals surface area contributed by atoms with E-state index in [9.17, 15) is 25.0 Å². The smallest absolute Gasteiger partial charge is 0.277 e. The number of nitro benzene ring substituents is 1. The number of thiazole rings is 1. The molecule has 1 amide bonds. The van der Waals surface area contributed by atoms with Crippen LogP contribution < -0.4 is 11.3 Å². The van der Waals surface area contributed by atoms with Crippen LogP contribution in [0.3, 0.4) is 0 Å². The molecule has 10 nitrogen and oxygen atoms in total. The first-order chi connectivity index (χ1) is 16.3.